The maximum absolute atomic E-state index is 12.0. The normalized spacial score (nSPS) is 12.7. The number of ether oxygens (including phenoxy) is 1. The molecular weight excluding hydrogens is 332 g/mol. The van der Waals surface area contributed by atoms with Gasteiger partial charge in [0.1, 0.15) is 5.75 Å². The number of halogens is 1. The smallest absolute Gasteiger partial charge is 0.279 e. The van der Waals surface area contributed by atoms with Gasteiger partial charge < -0.3 is 19.5 Å². The van der Waals surface area contributed by atoms with E-state index in [0.29, 0.717) is 23.0 Å². The standard InChI is InChI=1S/C13H19ClN2O5S/c1-16(6-3-7-22(18,19)20)9-13(17)15-11-8-10(14)4-5-12(11)21-2/h4-5,8H,3,6-7,9H2,1-2H3,(H,15,17)(H,18,19,20). The number of rotatable bonds is 8. The largest absolute Gasteiger partial charge is 0.748 e. The second kappa shape index (κ2) is 8.33. The first kappa shape index (κ1) is 18.7. The molecule has 1 unspecified atom stereocenters. The predicted octanol–water partition coefficient (Wildman–Crippen LogP) is -0.263. The summed E-state index contributed by atoms with van der Waals surface area (Å²) in [5.41, 5.74) is 0.468. The number of likely N-dealkylation sites (N-methyl/N-ethyl adjacent to an activating group) is 1. The van der Waals surface area contributed by atoms with Gasteiger partial charge in [-0.15, -0.1) is 0 Å². The van der Waals surface area contributed by atoms with E-state index in [9.17, 15) is 17.8 Å². The summed E-state index contributed by atoms with van der Waals surface area (Å²) in [6, 6.07) is 4.88. The first-order chi connectivity index (χ1) is 10.2. The fourth-order valence-electron chi connectivity index (χ4n) is 1.89. The van der Waals surface area contributed by atoms with Crippen LogP contribution in [-0.2, 0) is 14.9 Å². The van der Waals surface area contributed by atoms with Crippen LogP contribution in [0.25, 0.3) is 0 Å². The molecule has 1 rings (SSSR count). The van der Waals surface area contributed by atoms with Gasteiger partial charge >= 0.3 is 0 Å². The van der Waals surface area contributed by atoms with Crippen LogP contribution in [0.4, 0.5) is 5.69 Å². The van der Waals surface area contributed by atoms with Crippen molar-refractivity contribution in [1.29, 1.82) is 0 Å². The van der Waals surface area contributed by atoms with Gasteiger partial charge in [-0.2, -0.15) is 0 Å². The van der Waals surface area contributed by atoms with Gasteiger partial charge in [-0.3, -0.25) is 4.79 Å². The Bertz CT molecular complexity index is 621. The molecule has 124 valence electrons. The molecule has 0 aliphatic carbocycles. The molecule has 1 aromatic rings. The van der Waals surface area contributed by atoms with E-state index in [-0.39, 0.29) is 18.9 Å². The molecule has 7 nitrogen and oxygen atoms in total. The molecule has 0 aliphatic rings. The Morgan fingerprint density at radius 1 is 1.45 bits per heavy atom. The fraction of sp³-hybridized carbons (Fsp3) is 0.462. The average molecular weight is 351 g/mol. The molecule has 9 heteroatoms. The van der Waals surface area contributed by atoms with Gasteiger partial charge in [0.25, 0.3) is 5.91 Å². The molecule has 0 spiro atoms. The van der Waals surface area contributed by atoms with Gasteiger partial charge in [0.15, 0.2) is 6.54 Å². The third kappa shape index (κ3) is 7.08. The molecular formula is C13H19ClN2O5S. The Morgan fingerprint density at radius 2 is 2.14 bits per heavy atom. The van der Waals surface area contributed by atoms with Gasteiger partial charge in [-0.05, 0) is 18.2 Å². The number of amides is 1. The third-order valence-electron chi connectivity index (χ3n) is 2.90. The lowest BCUT2D eigenvalue weighted by atomic mass is 10.3. The Kier molecular flexibility index (Phi) is 7.08. The summed E-state index contributed by atoms with van der Waals surface area (Å²) in [4.78, 5) is 12.7. The summed E-state index contributed by atoms with van der Waals surface area (Å²) in [5, 5.41) is 3.16. The monoisotopic (exact) mass is 350 g/mol. The number of anilines is 1. The fourth-order valence-corrected chi connectivity index (χ4v) is 2.56. The van der Waals surface area contributed by atoms with E-state index in [1.54, 1.807) is 25.2 Å². The first-order valence-electron chi connectivity index (χ1n) is 6.59. The number of nitrogens with one attached hydrogen (secondary N) is 2. The van der Waals surface area contributed by atoms with Gasteiger partial charge in [-0.25, -0.2) is 8.42 Å². The summed E-state index contributed by atoms with van der Waals surface area (Å²) in [6.07, 6.45) is 0.214. The number of quaternary nitrogens is 1. The van der Waals surface area contributed by atoms with Crippen LogP contribution in [0.3, 0.4) is 0 Å². The molecule has 1 atom stereocenters. The highest BCUT2D eigenvalue weighted by Gasteiger charge is 2.13. The van der Waals surface area contributed by atoms with E-state index in [1.807, 2.05) is 0 Å². The van der Waals surface area contributed by atoms with Crippen molar-refractivity contribution < 1.29 is 27.4 Å². The van der Waals surface area contributed by atoms with Gasteiger partial charge in [0.2, 0.25) is 0 Å². The zero-order chi connectivity index (χ0) is 16.8. The average Bonchev–Trinajstić information content (AvgIpc) is 2.37. The van der Waals surface area contributed by atoms with Gasteiger partial charge in [-0.1, -0.05) is 11.6 Å². The first-order valence-corrected chi connectivity index (χ1v) is 8.55. The van der Waals surface area contributed by atoms with Crippen molar-refractivity contribution in [3.63, 3.8) is 0 Å². The molecule has 1 amide bonds. The summed E-state index contributed by atoms with van der Waals surface area (Å²) >= 11 is 5.88. The predicted molar refractivity (Wildman–Crippen MR) is 82.4 cm³/mol. The molecule has 0 saturated carbocycles. The summed E-state index contributed by atoms with van der Waals surface area (Å²) in [7, 11) is -0.978. The maximum Gasteiger partial charge on any atom is 0.279 e. The van der Waals surface area contributed by atoms with E-state index < -0.39 is 15.9 Å². The molecule has 0 heterocycles. The maximum atomic E-state index is 12.0. The minimum Gasteiger partial charge on any atom is -0.748 e. The quantitative estimate of drug-likeness (QED) is 0.629. The van der Waals surface area contributed by atoms with Crippen LogP contribution in [0.5, 0.6) is 5.75 Å². The van der Waals surface area contributed by atoms with Crippen molar-refractivity contribution in [2.45, 2.75) is 6.42 Å². The van der Waals surface area contributed by atoms with Crippen molar-refractivity contribution in [2.24, 2.45) is 0 Å². The van der Waals surface area contributed by atoms with Crippen LogP contribution in [0, 0.1) is 0 Å². The Hall–Kier alpha value is -1.35. The van der Waals surface area contributed by atoms with E-state index >= 15 is 0 Å². The second-order valence-corrected chi connectivity index (χ2v) is 6.85. The van der Waals surface area contributed by atoms with Crippen molar-refractivity contribution in [2.75, 3.05) is 38.3 Å². The lowest BCUT2D eigenvalue weighted by molar-refractivity contribution is -0.870. The SMILES string of the molecule is COc1ccc(Cl)cc1NC(=O)C[NH+](C)CCCS(=O)(=O)[O-]. The Morgan fingerprint density at radius 3 is 2.73 bits per heavy atom. The van der Waals surface area contributed by atoms with Crippen molar-refractivity contribution in [3.8, 4) is 5.75 Å². The number of benzene rings is 1. The number of carbonyl (C=O) groups is 1. The molecule has 0 aromatic heterocycles. The number of hydrogen-bond donors (Lipinski definition) is 2. The zero-order valence-corrected chi connectivity index (χ0v) is 14.0. The number of carbonyl (C=O) groups excluding carboxylic acids is 1. The van der Waals surface area contributed by atoms with Crippen molar-refractivity contribution in [1.82, 2.24) is 0 Å². The van der Waals surface area contributed by atoms with Crippen molar-refractivity contribution in [3.05, 3.63) is 23.2 Å². The van der Waals surface area contributed by atoms with Crippen molar-refractivity contribution >= 4 is 33.3 Å². The molecule has 2 N–H and O–H groups in total. The molecule has 0 bridgehead atoms. The van der Waals surface area contributed by atoms with Gasteiger partial charge in [0, 0.05) is 17.2 Å². The highest BCUT2D eigenvalue weighted by Crippen LogP contribution is 2.27. The second-order valence-electron chi connectivity index (χ2n) is 4.89. The van der Waals surface area contributed by atoms with Crippen LogP contribution >= 0.6 is 11.6 Å². The van der Waals surface area contributed by atoms with E-state index in [0.717, 1.165) is 4.90 Å². The van der Waals surface area contributed by atoms with E-state index in [1.165, 1.54) is 7.11 Å². The van der Waals surface area contributed by atoms with Crippen LogP contribution < -0.4 is 15.0 Å². The zero-order valence-electron chi connectivity index (χ0n) is 12.4. The van der Waals surface area contributed by atoms with E-state index in [2.05, 4.69) is 5.32 Å². The minimum atomic E-state index is -4.21. The van der Waals surface area contributed by atoms with Crippen LogP contribution in [0.2, 0.25) is 5.02 Å². The topological polar surface area (TPSA) is 100.0 Å². The summed E-state index contributed by atoms with van der Waals surface area (Å²) in [5.74, 6) is -0.190. The molecule has 0 saturated heterocycles. The van der Waals surface area contributed by atoms with Crippen LogP contribution in [0.15, 0.2) is 18.2 Å². The molecule has 1 aromatic carbocycles. The highest BCUT2D eigenvalue weighted by atomic mass is 35.5. The summed E-state index contributed by atoms with van der Waals surface area (Å²) in [6.45, 7) is 0.538. The van der Waals surface area contributed by atoms with Crippen LogP contribution in [0.1, 0.15) is 6.42 Å². The lowest BCUT2D eigenvalue weighted by Gasteiger charge is -2.15. The van der Waals surface area contributed by atoms with Gasteiger partial charge in [0.05, 0.1) is 36.5 Å². The molecule has 0 aliphatic heterocycles. The third-order valence-corrected chi connectivity index (χ3v) is 3.92. The molecule has 0 radical (unpaired) electrons. The Labute approximate surface area is 135 Å². The van der Waals surface area contributed by atoms with Crippen LogP contribution in [-0.4, -0.2) is 51.9 Å². The highest BCUT2D eigenvalue weighted by molar-refractivity contribution is 7.85. The molecule has 22 heavy (non-hydrogen) atoms. The Balaban J connectivity index is 2.50. The summed E-state index contributed by atoms with van der Waals surface area (Å²) < 4.78 is 36.7. The van der Waals surface area contributed by atoms with E-state index in [4.69, 9.17) is 16.3 Å². The molecule has 0 fully saturated rings. The lowest BCUT2D eigenvalue weighted by Crippen LogP contribution is -3.10. The number of hydrogen-bond acceptors (Lipinski definition) is 5. The number of methoxy groups -OCH3 is 1. The minimum absolute atomic E-state index is 0.134.